The van der Waals surface area contributed by atoms with Gasteiger partial charge in [-0.05, 0) is 55.6 Å². The lowest BCUT2D eigenvalue weighted by Gasteiger charge is -2.24. The van der Waals surface area contributed by atoms with E-state index in [0.29, 0.717) is 0 Å². The molecule has 2 rings (SSSR count). The molecular formula is C15H25NS. The second-order valence-electron chi connectivity index (χ2n) is 5.22. The highest BCUT2D eigenvalue weighted by molar-refractivity contribution is 7.10. The van der Waals surface area contributed by atoms with Crippen LogP contribution in [0.2, 0.25) is 0 Å². The third-order valence-electron chi connectivity index (χ3n) is 3.90. The van der Waals surface area contributed by atoms with Gasteiger partial charge in [0.25, 0.3) is 0 Å². The van der Waals surface area contributed by atoms with Crippen molar-refractivity contribution in [2.24, 2.45) is 5.92 Å². The molecule has 0 aliphatic heterocycles. The van der Waals surface area contributed by atoms with Gasteiger partial charge >= 0.3 is 0 Å². The second kappa shape index (κ2) is 7.17. The molecule has 0 radical (unpaired) electrons. The number of hydrogen-bond donors (Lipinski definition) is 1. The third-order valence-corrected chi connectivity index (χ3v) is 4.91. The lowest BCUT2D eigenvalue weighted by Crippen LogP contribution is -2.27. The van der Waals surface area contributed by atoms with E-state index in [9.17, 15) is 0 Å². The third kappa shape index (κ3) is 3.82. The lowest BCUT2D eigenvalue weighted by atomic mass is 9.86. The molecule has 1 nitrogen and oxygen atoms in total. The Balaban J connectivity index is 1.97. The summed E-state index contributed by atoms with van der Waals surface area (Å²) in [4.78, 5) is 1.62. The van der Waals surface area contributed by atoms with Crippen molar-refractivity contribution in [1.82, 2.24) is 5.32 Å². The number of nitrogens with one attached hydrogen (secondary N) is 1. The standard InChI is InChI=1S/C15H25NS/c1-2-10-16-12-13-7-4-3-5-8-14(13)15-9-6-11-17-15/h6,9,11,13-14,16H,2-5,7-8,10,12H2,1H3. The average molecular weight is 251 g/mol. The number of thiophene rings is 1. The highest BCUT2D eigenvalue weighted by atomic mass is 32.1. The first kappa shape index (κ1) is 13.1. The van der Waals surface area contributed by atoms with Gasteiger partial charge in [0.05, 0.1) is 0 Å². The molecule has 0 saturated heterocycles. The molecule has 1 saturated carbocycles. The summed E-state index contributed by atoms with van der Waals surface area (Å²) in [6.45, 7) is 4.64. The van der Waals surface area contributed by atoms with Crippen molar-refractivity contribution >= 4 is 11.3 Å². The molecule has 2 unspecified atom stereocenters. The predicted molar refractivity (Wildman–Crippen MR) is 76.8 cm³/mol. The monoisotopic (exact) mass is 251 g/mol. The SMILES string of the molecule is CCCNCC1CCCCCC1c1cccs1. The molecule has 1 N–H and O–H groups in total. The average Bonchev–Trinajstić information content (AvgIpc) is 2.77. The molecule has 1 aliphatic rings. The van der Waals surface area contributed by atoms with Crippen LogP contribution in [0.25, 0.3) is 0 Å². The van der Waals surface area contributed by atoms with Crippen LogP contribution in [0.3, 0.4) is 0 Å². The van der Waals surface area contributed by atoms with Crippen LogP contribution in [0.4, 0.5) is 0 Å². The molecule has 1 fully saturated rings. The van der Waals surface area contributed by atoms with Gasteiger partial charge in [0.15, 0.2) is 0 Å². The fourth-order valence-corrected chi connectivity index (χ4v) is 3.93. The highest BCUT2D eigenvalue weighted by Gasteiger charge is 2.25. The van der Waals surface area contributed by atoms with Crippen molar-refractivity contribution in [3.63, 3.8) is 0 Å². The van der Waals surface area contributed by atoms with Crippen LogP contribution in [0.1, 0.15) is 56.2 Å². The van der Waals surface area contributed by atoms with E-state index < -0.39 is 0 Å². The molecule has 0 spiro atoms. The maximum atomic E-state index is 3.63. The predicted octanol–water partition coefficient (Wildman–Crippen LogP) is 4.41. The Labute approximate surface area is 110 Å². The molecule has 0 amide bonds. The summed E-state index contributed by atoms with van der Waals surface area (Å²) in [5.41, 5.74) is 0. The van der Waals surface area contributed by atoms with Gasteiger partial charge in [0.2, 0.25) is 0 Å². The normalized spacial score (nSPS) is 25.7. The van der Waals surface area contributed by atoms with Crippen LogP contribution in [0.5, 0.6) is 0 Å². The molecule has 1 aromatic heterocycles. The van der Waals surface area contributed by atoms with E-state index in [0.717, 1.165) is 11.8 Å². The fraction of sp³-hybridized carbons (Fsp3) is 0.733. The summed E-state index contributed by atoms with van der Waals surface area (Å²) in [5, 5.41) is 5.86. The molecule has 96 valence electrons. The molecule has 2 heteroatoms. The van der Waals surface area contributed by atoms with Crippen molar-refractivity contribution in [2.45, 2.75) is 51.4 Å². The van der Waals surface area contributed by atoms with Crippen LogP contribution >= 0.6 is 11.3 Å². The Morgan fingerprint density at radius 2 is 2.18 bits per heavy atom. The molecule has 0 bridgehead atoms. The molecule has 1 aromatic rings. The minimum atomic E-state index is 0.821. The van der Waals surface area contributed by atoms with Crippen molar-refractivity contribution in [1.29, 1.82) is 0 Å². The van der Waals surface area contributed by atoms with Crippen molar-refractivity contribution in [3.8, 4) is 0 Å². The van der Waals surface area contributed by atoms with E-state index >= 15 is 0 Å². The molecule has 0 aromatic carbocycles. The Hall–Kier alpha value is -0.340. The van der Waals surface area contributed by atoms with Gasteiger partial charge in [-0.15, -0.1) is 11.3 Å². The largest absolute Gasteiger partial charge is 0.316 e. The Bertz CT molecular complexity index is 294. The van der Waals surface area contributed by atoms with E-state index in [1.807, 2.05) is 11.3 Å². The first-order valence-corrected chi connectivity index (χ1v) is 8.04. The Morgan fingerprint density at radius 3 is 2.94 bits per heavy atom. The van der Waals surface area contributed by atoms with E-state index in [-0.39, 0.29) is 0 Å². The molecule has 1 aliphatic carbocycles. The Morgan fingerprint density at radius 1 is 1.29 bits per heavy atom. The van der Waals surface area contributed by atoms with Crippen molar-refractivity contribution in [2.75, 3.05) is 13.1 Å². The zero-order valence-corrected chi connectivity index (χ0v) is 11.8. The summed E-state index contributed by atoms with van der Waals surface area (Å²) >= 11 is 1.95. The van der Waals surface area contributed by atoms with Gasteiger partial charge in [-0.2, -0.15) is 0 Å². The molecule has 17 heavy (non-hydrogen) atoms. The molecule has 1 heterocycles. The fourth-order valence-electron chi connectivity index (χ4n) is 2.97. The van der Waals surface area contributed by atoms with Gasteiger partial charge < -0.3 is 5.32 Å². The van der Waals surface area contributed by atoms with E-state index in [4.69, 9.17) is 0 Å². The summed E-state index contributed by atoms with van der Waals surface area (Å²) in [6.07, 6.45) is 8.36. The van der Waals surface area contributed by atoms with Crippen LogP contribution in [-0.2, 0) is 0 Å². The maximum Gasteiger partial charge on any atom is 0.00794 e. The maximum absolute atomic E-state index is 3.63. The molecular weight excluding hydrogens is 226 g/mol. The number of rotatable bonds is 5. The van der Waals surface area contributed by atoms with Gasteiger partial charge in [0.1, 0.15) is 0 Å². The molecule has 2 atom stereocenters. The summed E-state index contributed by atoms with van der Waals surface area (Å²) in [7, 11) is 0. The zero-order chi connectivity index (χ0) is 11.9. The summed E-state index contributed by atoms with van der Waals surface area (Å²) in [5.74, 6) is 1.68. The van der Waals surface area contributed by atoms with Crippen LogP contribution < -0.4 is 5.32 Å². The minimum absolute atomic E-state index is 0.821. The van der Waals surface area contributed by atoms with Gasteiger partial charge in [-0.25, -0.2) is 0 Å². The highest BCUT2D eigenvalue weighted by Crippen LogP contribution is 2.38. The van der Waals surface area contributed by atoms with E-state index in [1.165, 1.54) is 51.6 Å². The zero-order valence-electron chi connectivity index (χ0n) is 11.0. The summed E-state index contributed by atoms with van der Waals surface area (Å²) in [6, 6.07) is 4.55. The van der Waals surface area contributed by atoms with Crippen LogP contribution in [0.15, 0.2) is 17.5 Å². The lowest BCUT2D eigenvalue weighted by molar-refractivity contribution is 0.379. The first-order valence-electron chi connectivity index (χ1n) is 7.16. The Kier molecular flexibility index (Phi) is 5.53. The first-order chi connectivity index (χ1) is 8.42. The van der Waals surface area contributed by atoms with Crippen LogP contribution in [0, 0.1) is 5.92 Å². The van der Waals surface area contributed by atoms with Crippen molar-refractivity contribution < 1.29 is 0 Å². The van der Waals surface area contributed by atoms with E-state index in [1.54, 1.807) is 4.88 Å². The van der Waals surface area contributed by atoms with Gasteiger partial charge in [-0.1, -0.05) is 32.3 Å². The summed E-state index contributed by atoms with van der Waals surface area (Å²) < 4.78 is 0. The number of hydrogen-bond acceptors (Lipinski definition) is 2. The smallest absolute Gasteiger partial charge is 0.00794 e. The van der Waals surface area contributed by atoms with Crippen LogP contribution in [-0.4, -0.2) is 13.1 Å². The second-order valence-corrected chi connectivity index (χ2v) is 6.20. The quantitative estimate of drug-likeness (QED) is 0.604. The van der Waals surface area contributed by atoms with Gasteiger partial charge in [0, 0.05) is 4.88 Å². The van der Waals surface area contributed by atoms with Gasteiger partial charge in [-0.3, -0.25) is 0 Å². The minimum Gasteiger partial charge on any atom is -0.316 e. The van der Waals surface area contributed by atoms with Crippen molar-refractivity contribution in [3.05, 3.63) is 22.4 Å². The van der Waals surface area contributed by atoms with E-state index in [2.05, 4.69) is 29.8 Å². The topological polar surface area (TPSA) is 12.0 Å².